The third-order valence-electron chi connectivity index (χ3n) is 5.97. The molecule has 0 heterocycles. The minimum atomic E-state index is -0.273. The Bertz CT molecular complexity index is 671. The normalized spacial score (nSPS) is 15.3. The number of hydrogen-bond donors (Lipinski definition) is 3. The molecule has 1 saturated carbocycles. The van der Waals surface area contributed by atoms with Gasteiger partial charge in [0, 0.05) is 11.1 Å². The van der Waals surface area contributed by atoms with Crippen molar-refractivity contribution < 1.29 is 24.9 Å². The molecule has 1 fully saturated rings. The molecule has 0 bridgehead atoms. The van der Waals surface area contributed by atoms with Gasteiger partial charge in [-0.05, 0) is 69.3 Å². The van der Waals surface area contributed by atoms with Gasteiger partial charge in [0.1, 0.15) is 11.4 Å². The van der Waals surface area contributed by atoms with Crippen LogP contribution in [0.2, 0.25) is 0 Å². The highest BCUT2D eigenvalue weighted by atomic mass is 16.5. The average molecular weight is 407 g/mol. The molecular weight excluding hydrogens is 368 g/mol. The van der Waals surface area contributed by atoms with Gasteiger partial charge in [0.15, 0.2) is 11.5 Å². The topological polar surface area (TPSA) is 87.0 Å². The Balaban J connectivity index is 1.78. The summed E-state index contributed by atoms with van der Waals surface area (Å²) in [5.41, 5.74) is 1.10. The molecular formula is C24H38O5. The van der Waals surface area contributed by atoms with Crippen LogP contribution in [0.4, 0.5) is 0 Å². The lowest BCUT2D eigenvalue weighted by atomic mass is 9.89. The summed E-state index contributed by atoms with van der Waals surface area (Å²) in [6.07, 6.45) is 10.9. The van der Waals surface area contributed by atoms with Crippen molar-refractivity contribution in [2.75, 3.05) is 0 Å². The second kappa shape index (κ2) is 10.2. The van der Waals surface area contributed by atoms with Crippen molar-refractivity contribution in [1.29, 1.82) is 0 Å². The smallest absolute Gasteiger partial charge is 0.293 e. The predicted octanol–water partition coefficient (Wildman–Crippen LogP) is 5.76. The Morgan fingerprint density at radius 3 is 2.24 bits per heavy atom. The summed E-state index contributed by atoms with van der Waals surface area (Å²) in [6.45, 7) is 7.27. The van der Waals surface area contributed by atoms with Crippen LogP contribution in [0, 0.1) is 5.41 Å². The summed E-state index contributed by atoms with van der Waals surface area (Å²) in [7, 11) is 0. The minimum Gasteiger partial charge on any atom is -0.508 e. The quantitative estimate of drug-likeness (QED) is 0.168. The van der Waals surface area contributed by atoms with Gasteiger partial charge in [-0.1, -0.05) is 40.0 Å². The van der Waals surface area contributed by atoms with Crippen LogP contribution in [-0.4, -0.2) is 27.4 Å². The van der Waals surface area contributed by atoms with Crippen LogP contribution in [0.1, 0.15) is 96.1 Å². The van der Waals surface area contributed by atoms with E-state index in [1.54, 1.807) is 6.07 Å². The van der Waals surface area contributed by atoms with Gasteiger partial charge in [-0.15, -0.1) is 0 Å². The number of aryl methyl sites for hydroxylation is 1. The number of ether oxygens (including phenoxy) is 1. The van der Waals surface area contributed by atoms with Crippen molar-refractivity contribution in [3.8, 4) is 17.2 Å². The summed E-state index contributed by atoms with van der Waals surface area (Å²) in [6, 6.07) is 1.59. The zero-order chi connectivity index (χ0) is 21.5. The highest BCUT2D eigenvalue weighted by Crippen LogP contribution is 2.44. The molecule has 1 aromatic carbocycles. The molecule has 0 radical (unpaired) electrons. The first kappa shape index (κ1) is 23.4. The zero-order valence-electron chi connectivity index (χ0n) is 18.3. The van der Waals surface area contributed by atoms with E-state index < -0.39 is 0 Å². The van der Waals surface area contributed by atoms with Gasteiger partial charge < -0.3 is 20.1 Å². The van der Waals surface area contributed by atoms with E-state index in [0.717, 1.165) is 51.4 Å². The molecule has 164 valence electrons. The molecule has 0 aromatic heterocycles. The number of aromatic hydroxyl groups is 3. The van der Waals surface area contributed by atoms with E-state index in [-0.39, 0.29) is 22.8 Å². The van der Waals surface area contributed by atoms with E-state index in [4.69, 9.17) is 4.74 Å². The maximum Gasteiger partial charge on any atom is 0.293 e. The van der Waals surface area contributed by atoms with Crippen molar-refractivity contribution in [3.05, 3.63) is 17.2 Å². The number of carbonyl (C=O) groups excluding carboxylic acids is 1. The van der Waals surface area contributed by atoms with E-state index >= 15 is 0 Å². The first-order chi connectivity index (χ1) is 13.7. The second-order valence-corrected chi connectivity index (χ2v) is 9.81. The molecule has 5 heteroatoms. The fourth-order valence-electron chi connectivity index (χ4n) is 3.92. The van der Waals surface area contributed by atoms with Crippen LogP contribution in [0.15, 0.2) is 6.07 Å². The molecule has 0 atom stereocenters. The lowest BCUT2D eigenvalue weighted by Crippen LogP contribution is -2.12. The molecule has 1 aliphatic rings. The number of phenols is 3. The molecule has 1 aromatic rings. The van der Waals surface area contributed by atoms with E-state index in [9.17, 15) is 20.1 Å². The monoisotopic (exact) mass is 406 g/mol. The van der Waals surface area contributed by atoms with E-state index in [1.165, 1.54) is 12.8 Å². The molecule has 2 rings (SSSR count). The van der Waals surface area contributed by atoms with E-state index in [0.29, 0.717) is 35.9 Å². The van der Waals surface area contributed by atoms with E-state index in [2.05, 4.69) is 20.8 Å². The molecule has 3 N–H and O–H groups in total. The van der Waals surface area contributed by atoms with Crippen molar-refractivity contribution in [1.82, 2.24) is 0 Å². The minimum absolute atomic E-state index is 0.0494. The molecule has 0 amide bonds. The zero-order valence-corrected chi connectivity index (χ0v) is 18.3. The van der Waals surface area contributed by atoms with Crippen molar-refractivity contribution in [2.24, 2.45) is 5.41 Å². The summed E-state index contributed by atoms with van der Waals surface area (Å²) < 4.78 is 5.13. The SMILES string of the molecule is CC(C)(C)CCCCCCc1cc(O)c(CCCCC2(OC=O)CC2)c(O)c1O. The molecule has 0 aliphatic heterocycles. The van der Waals surface area contributed by atoms with Crippen molar-refractivity contribution in [2.45, 2.75) is 103 Å². The maximum absolute atomic E-state index is 10.5. The van der Waals surface area contributed by atoms with Gasteiger partial charge in [0.05, 0.1) is 0 Å². The van der Waals surface area contributed by atoms with Crippen molar-refractivity contribution in [3.63, 3.8) is 0 Å². The Hall–Kier alpha value is -1.91. The maximum atomic E-state index is 10.5. The first-order valence-corrected chi connectivity index (χ1v) is 11.0. The van der Waals surface area contributed by atoms with Crippen molar-refractivity contribution >= 4 is 6.47 Å². The molecule has 5 nitrogen and oxygen atoms in total. The number of phenolic OH excluding ortho intramolecular Hbond substituents is 3. The highest BCUT2D eigenvalue weighted by molar-refractivity contribution is 5.56. The third-order valence-corrected chi connectivity index (χ3v) is 5.97. The lowest BCUT2D eigenvalue weighted by molar-refractivity contribution is -0.135. The Kier molecular flexibility index (Phi) is 8.23. The summed E-state index contributed by atoms with van der Waals surface area (Å²) >= 11 is 0. The molecule has 29 heavy (non-hydrogen) atoms. The number of carbonyl (C=O) groups is 1. The van der Waals surface area contributed by atoms with Crippen LogP contribution in [0.25, 0.3) is 0 Å². The van der Waals surface area contributed by atoms with Crippen LogP contribution in [0.3, 0.4) is 0 Å². The Morgan fingerprint density at radius 1 is 0.966 bits per heavy atom. The van der Waals surface area contributed by atoms with Crippen LogP contribution in [0.5, 0.6) is 17.2 Å². The van der Waals surface area contributed by atoms with Crippen LogP contribution >= 0.6 is 0 Å². The Morgan fingerprint density at radius 2 is 1.62 bits per heavy atom. The second-order valence-electron chi connectivity index (χ2n) is 9.81. The first-order valence-electron chi connectivity index (χ1n) is 11.0. The summed E-state index contributed by atoms with van der Waals surface area (Å²) in [5, 5.41) is 31.1. The van der Waals surface area contributed by atoms with Crippen LogP contribution < -0.4 is 0 Å². The summed E-state index contributed by atoms with van der Waals surface area (Å²) in [5.74, 6) is -0.248. The van der Waals surface area contributed by atoms with Gasteiger partial charge >= 0.3 is 0 Å². The number of unbranched alkanes of at least 4 members (excludes halogenated alkanes) is 4. The third kappa shape index (κ3) is 7.45. The Labute approximate surface area is 175 Å². The largest absolute Gasteiger partial charge is 0.508 e. The average Bonchev–Trinajstić information content (AvgIpc) is 3.40. The van der Waals surface area contributed by atoms with Gasteiger partial charge in [0.25, 0.3) is 6.47 Å². The van der Waals surface area contributed by atoms with Gasteiger partial charge in [-0.2, -0.15) is 0 Å². The fraction of sp³-hybridized carbons (Fsp3) is 0.708. The molecule has 0 saturated heterocycles. The molecule has 0 spiro atoms. The highest BCUT2D eigenvalue weighted by Gasteiger charge is 2.44. The lowest BCUT2D eigenvalue weighted by Gasteiger charge is -2.17. The number of rotatable bonds is 13. The van der Waals surface area contributed by atoms with Gasteiger partial charge in [-0.3, -0.25) is 4.79 Å². The molecule has 0 unspecified atom stereocenters. The van der Waals surface area contributed by atoms with E-state index in [1.807, 2.05) is 0 Å². The van der Waals surface area contributed by atoms with Gasteiger partial charge in [0.2, 0.25) is 0 Å². The standard InChI is InChI=1S/C24H38O5/c1-23(2,3)12-8-5-4-6-10-18-16-20(26)19(22(28)21(18)27)11-7-9-13-24(14-15-24)29-17-25/h16-17,26-28H,4-15H2,1-3H3. The van der Waals surface area contributed by atoms with Gasteiger partial charge in [-0.25, -0.2) is 0 Å². The number of hydrogen-bond acceptors (Lipinski definition) is 5. The molecule has 1 aliphatic carbocycles. The fourth-order valence-corrected chi connectivity index (χ4v) is 3.92. The predicted molar refractivity (Wildman–Crippen MR) is 114 cm³/mol. The van der Waals surface area contributed by atoms with Crippen LogP contribution in [-0.2, 0) is 22.4 Å². The summed E-state index contributed by atoms with van der Waals surface area (Å²) in [4.78, 5) is 10.5. The number of benzene rings is 1.